The number of thiophene rings is 1. The molecule has 4 aliphatic heterocycles. The standard InChI is InChI=1S/C36H31ClF2N10O2S/c37-23-15-21-29(28(39)27(23)20-3-4-24(38)30-26(20)22(16-40)31(42)52-30)44-33(51-19-36-5-1-10-47(36)11-2-6-36)45-32(21)46-12-7-35(18-46)8-13-49(35)34(50)48-14-9-43-25(48)17-41/h3-4,9,14-15H,1-2,5-8,10-13,18-19,42H2. The highest BCUT2D eigenvalue weighted by molar-refractivity contribution is 7.23. The number of nitrogens with two attached hydrogens (primary N) is 1. The van der Waals surface area contributed by atoms with Crippen LogP contribution in [0.15, 0.2) is 30.6 Å². The average Bonchev–Trinajstić information content (AvgIpc) is 3.96. The van der Waals surface area contributed by atoms with Gasteiger partial charge in [0, 0.05) is 48.4 Å². The Morgan fingerprint density at radius 3 is 2.60 bits per heavy atom. The second-order valence-electron chi connectivity index (χ2n) is 14.0. The second-order valence-corrected chi connectivity index (χ2v) is 15.5. The topological polar surface area (TPSA) is 153 Å². The van der Waals surface area contributed by atoms with Gasteiger partial charge in [-0.3, -0.25) is 4.90 Å². The van der Waals surface area contributed by atoms with Crippen molar-refractivity contribution in [2.45, 2.75) is 49.6 Å². The third kappa shape index (κ3) is 4.76. The maximum absolute atomic E-state index is 17.2. The fraction of sp³-hybridized carbons (Fsp3) is 0.389. The molecule has 4 fully saturated rings. The molecule has 9 rings (SSSR count). The van der Waals surface area contributed by atoms with Crippen molar-refractivity contribution >= 4 is 60.8 Å². The number of hydrogen-bond acceptors (Lipinski definition) is 11. The highest BCUT2D eigenvalue weighted by Gasteiger charge is 2.53. The van der Waals surface area contributed by atoms with E-state index in [1.165, 1.54) is 29.1 Å². The van der Waals surface area contributed by atoms with Gasteiger partial charge in [0.05, 0.1) is 26.4 Å². The largest absolute Gasteiger partial charge is 0.461 e. The maximum Gasteiger partial charge on any atom is 0.330 e. The van der Waals surface area contributed by atoms with Crippen molar-refractivity contribution in [2.75, 3.05) is 50.0 Å². The minimum atomic E-state index is -0.766. The van der Waals surface area contributed by atoms with Gasteiger partial charge in [0.25, 0.3) is 0 Å². The van der Waals surface area contributed by atoms with Crippen LogP contribution in [0.1, 0.15) is 49.9 Å². The van der Waals surface area contributed by atoms with Crippen LogP contribution < -0.4 is 15.4 Å². The van der Waals surface area contributed by atoms with Gasteiger partial charge in [-0.25, -0.2) is 23.1 Å². The van der Waals surface area contributed by atoms with E-state index in [-0.39, 0.29) is 65.7 Å². The number of halogens is 3. The Hall–Kier alpha value is -5.09. The summed E-state index contributed by atoms with van der Waals surface area (Å²) in [6.07, 6.45) is 8.41. The molecule has 1 amide bonds. The van der Waals surface area contributed by atoms with Crippen molar-refractivity contribution in [3.05, 3.63) is 58.6 Å². The van der Waals surface area contributed by atoms with Crippen molar-refractivity contribution in [1.29, 1.82) is 10.5 Å². The first kappa shape index (κ1) is 32.8. The number of nitrogens with zero attached hydrogens (tertiary/aromatic N) is 9. The number of imidazole rings is 1. The van der Waals surface area contributed by atoms with Gasteiger partial charge in [-0.05, 0) is 69.3 Å². The first-order chi connectivity index (χ1) is 25.2. The van der Waals surface area contributed by atoms with Crippen LogP contribution in [0.2, 0.25) is 5.02 Å². The SMILES string of the molecule is N#Cc1c(N)sc2c(F)ccc(-c3c(Cl)cc4c(N5CCC6(CCN6C(=O)n6ccnc6C#N)C5)nc(OCC56CCCN5CCC6)nc4c3F)c12. The average molecular weight is 741 g/mol. The minimum absolute atomic E-state index is 0.0134. The molecule has 16 heteroatoms. The molecule has 52 heavy (non-hydrogen) atoms. The summed E-state index contributed by atoms with van der Waals surface area (Å²) in [7, 11) is 0. The lowest BCUT2D eigenvalue weighted by molar-refractivity contribution is 0.0414. The van der Waals surface area contributed by atoms with Crippen LogP contribution in [-0.4, -0.2) is 85.8 Å². The Morgan fingerprint density at radius 1 is 1.08 bits per heavy atom. The lowest BCUT2D eigenvalue weighted by Gasteiger charge is -2.50. The summed E-state index contributed by atoms with van der Waals surface area (Å²) in [5, 5.41) is 20.1. The summed E-state index contributed by atoms with van der Waals surface area (Å²) in [6.45, 7) is 3.79. The van der Waals surface area contributed by atoms with Crippen molar-refractivity contribution in [2.24, 2.45) is 0 Å². The molecular formula is C36H31ClF2N10O2S. The number of carbonyl (C=O) groups excluding carboxylic acids is 1. The Morgan fingerprint density at radius 2 is 1.87 bits per heavy atom. The van der Waals surface area contributed by atoms with Crippen LogP contribution in [-0.2, 0) is 0 Å². The van der Waals surface area contributed by atoms with Crippen molar-refractivity contribution in [3.8, 4) is 29.3 Å². The van der Waals surface area contributed by atoms with E-state index in [0.717, 1.165) is 56.5 Å². The number of nitriles is 2. The molecule has 1 unspecified atom stereocenters. The summed E-state index contributed by atoms with van der Waals surface area (Å²) in [5.74, 6) is -0.917. The molecule has 0 radical (unpaired) electrons. The van der Waals surface area contributed by atoms with Gasteiger partial charge in [-0.2, -0.15) is 20.5 Å². The molecule has 1 atom stereocenters. The fourth-order valence-corrected chi connectivity index (χ4v) is 10.1. The number of aromatic nitrogens is 4. The van der Waals surface area contributed by atoms with E-state index < -0.39 is 17.2 Å². The first-order valence-electron chi connectivity index (χ1n) is 17.2. The first-order valence-corrected chi connectivity index (χ1v) is 18.4. The van der Waals surface area contributed by atoms with E-state index in [1.54, 1.807) is 11.0 Å². The van der Waals surface area contributed by atoms with E-state index >= 15 is 4.39 Å². The van der Waals surface area contributed by atoms with E-state index in [9.17, 15) is 19.7 Å². The molecule has 1 spiro atoms. The fourth-order valence-electron chi connectivity index (χ4n) is 8.85. The number of carbonyl (C=O) groups is 1. The zero-order chi connectivity index (χ0) is 35.9. The van der Waals surface area contributed by atoms with Crippen molar-refractivity contribution in [1.82, 2.24) is 29.3 Å². The molecule has 5 aromatic rings. The van der Waals surface area contributed by atoms with E-state index in [4.69, 9.17) is 27.1 Å². The smallest absolute Gasteiger partial charge is 0.330 e. The molecule has 0 bridgehead atoms. The van der Waals surface area contributed by atoms with Crippen LogP contribution in [0.5, 0.6) is 6.01 Å². The third-order valence-corrected chi connectivity index (χ3v) is 12.8. The van der Waals surface area contributed by atoms with Gasteiger partial charge in [0.2, 0.25) is 5.82 Å². The quantitative estimate of drug-likeness (QED) is 0.217. The number of benzene rings is 2. The van der Waals surface area contributed by atoms with Gasteiger partial charge in [0.1, 0.15) is 40.9 Å². The number of hydrogen-bond donors (Lipinski definition) is 1. The highest BCUT2D eigenvalue weighted by Crippen LogP contribution is 2.47. The molecule has 0 saturated carbocycles. The molecule has 2 N–H and O–H groups in total. The molecule has 2 aromatic carbocycles. The number of anilines is 2. The Bertz CT molecular complexity index is 2410. The lowest BCUT2D eigenvalue weighted by Crippen LogP contribution is -2.64. The monoisotopic (exact) mass is 740 g/mol. The lowest BCUT2D eigenvalue weighted by atomic mass is 9.84. The van der Waals surface area contributed by atoms with Gasteiger partial charge >= 0.3 is 12.0 Å². The van der Waals surface area contributed by atoms with E-state index in [2.05, 4.69) is 14.9 Å². The summed E-state index contributed by atoms with van der Waals surface area (Å²) < 4.78 is 39.9. The summed E-state index contributed by atoms with van der Waals surface area (Å²) in [5.41, 5.74) is 5.64. The normalized spacial score (nSPS) is 20.8. The molecular weight excluding hydrogens is 710 g/mol. The van der Waals surface area contributed by atoms with Crippen LogP contribution in [0, 0.1) is 34.3 Å². The van der Waals surface area contributed by atoms with Crippen LogP contribution in [0.3, 0.4) is 0 Å². The minimum Gasteiger partial charge on any atom is -0.461 e. The number of fused-ring (bicyclic) bond motifs is 3. The molecule has 3 aromatic heterocycles. The summed E-state index contributed by atoms with van der Waals surface area (Å²) in [6, 6.07) is 7.90. The number of rotatable bonds is 5. The van der Waals surface area contributed by atoms with E-state index in [1.807, 2.05) is 17.0 Å². The highest BCUT2D eigenvalue weighted by atomic mass is 35.5. The molecule has 264 valence electrons. The molecule has 4 saturated heterocycles. The zero-order valence-electron chi connectivity index (χ0n) is 27.8. The van der Waals surface area contributed by atoms with Crippen LogP contribution in [0.25, 0.3) is 32.1 Å². The Balaban J connectivity index is 1.15. The van der Waals surface area contributed by atoms with Gasteiger partial charge in [-0.15, -0.1) is 11.3 Å². The maximum atomic E-state index is 17.2. The van der Waals surface area contributed by atoms with E-state index in [0.29, 0.717) is 43.9 Å². The molecule has 12 nitrogen and oxygen atoms in total. The van der Waals surface area contributed by atoms with Crippen LogP contribution in [0.4, 0.5) is 24.4 Å². The van der Waals surface area contributed by atoms with Crippen LogP contribution >= 0.6 is 22.9 Å². The predicted octanol–water partition coefficient (Wildman–Crippen LogP) is 6.30. The van der Waals surface area contributed by atoms with Gasteiger partial charge in [-0.1, -0.05) is 17.7 Å². The number of amides is 1. The predicted molar refractivity (Wildman–Crippen MR) is 191 cm³/mol. The Labute approximate surface area is 305 Å². The zero-order valence-corrected chi connectivity index (χ0v) is 29.4. The third-order valence-electron chi connectivity index (χ3n) is 11.5. The number of likely N-dealkylation sites (tertiary alicyclic amines) is 1. The Kier molecular flexibility index (Phi) is 7.56. The summed E-state index contributed by atoms with van der Waals surface area (Å²) >= 11 is 7.83. The van der Waals surface area contributed by atoms with Gasteiger partial charge < -0.3 is 20.3 Å². The van der Waals surface area contributed by atoms with Crippen molar-refractivity contribution in [3.63, 3.8) is 0 Å². The molecule has 0 aliphatic carbocycles. The number of ether oxygens (including phenoxy) is 1. The molecule has 7 heterocycles. The van der Waals surface area contributed by atoms with Crippen molar-refractivity contribution < 1.29 is 18.3 Å². The molecule has 4 aliphatic rings. The summed E-state index contributed by atoms with van der Waals surface area (Å²) in [4.78, 5) is 33.3. The number of nitrogen functional groups attached to an aromatic ring is 1. The van der Waals surface area contributed by atoms with Gasteiger partial charge in [0.15, 0.2) is 5.82 Å². The second kappa shape index (κ2) is 12.0.